The molecule has 3 aromatic carbocycles. The average Bonchev–Trinajstić information content (AvgIpc) is 3.67. The van der Waals surface area contributed by atoms with E-state index >= 15 is 0 Å². The Labute approximate surface area is 256 Å². The van der Waals surface area contributed by atoms with Gasteiger partial charge in [0.2, 0.25) is 0 Å². The zero-order valence-electron chi connectivity index (χ0n) is 24.4. The number of halogens is 1. The van der Waals surface area contributed by atoms with E-state index in [0.717, 1.165) is 24.1 Å². The van der Waals surface area contributed by atoms with Gasteiger partial charge in [0.15, 0.2) is 0 Å². The first-order chi connectivity index (χ1) is 20.7. The van der Waals surface area contributed by atoms with Crippen molar-refractivity contribution in [3.63, 3.8) is 0 Å². The van der Waals surface area contributed by atoms with Crippen molar-refractivity contribution in [1.82, 2.24) is 21.0 Å². The van der Waals surface area contributed by atoms with Crippen LogP contribution in [-0.4, -0.2) is 16.5 Å². The van der Waals surface area contributed by atoms with E-state index in [0.29, 0.717) is 45.0 Å². The molecule has 0 bridgehead atoms. The van der Waals surface area contributed by atoms with E-state index in [1.807, 2.05) is 36.4 Å². The highest BCUT2D eigenvalue weighted by Crippen LogP contribution is 2.51. The number of rotatable bonds is 8. The van der Waals surface area contributed by atoms with Gasteiger partial charge in [-0.2, -0.15) is 10.5 Å². The molecule has 2 aliphatic rings. The van der Waals surface area contributed by atoms with Crippen molar-refractivity contribution in [2.45, 2.75) is 45.2 Å². The summed E-state index contributed by atoms with van der Waals surface area (Å²) in [7, 11) is 0. The number of hydrogen-bond acceptors (Lipinski definition) is 8. The molecular formula is C34H33ClN8. The number of nitrogens with one attached hydrogen (secondary N) is 4. The minimum absolute atomic E-state index is 0.0243. The highest BCUT2D eigenvalue weighted by atomic mass is 35.5. The van der Waals surface area contributed by atoms with Gasteiger partial charge in [-0.15, -0.1) is 5.53 Å². The molecule has 4 aromatic rings. The van der Waals surface area contributed by atoms with E-state index in [1.165, 1.54) is 11.8 Å². The third kappa shape index (κ3) is 5.56. The van der Waals surface area contributed by atoms with E-state index in [2.05, 4.69) is 95.0 Å². The number of nitriles is 2. The fourth-order valence-corrected chi connectivity index (χ4v) is 5.79. The quantitative estimate of drug-likeness (QED) is 0.172. The van der Waals surface area contributed by atoms with E-state index < -0.39 is 0 Å². The number of aromatic nitrogens is 1. The Hall–Kier alpha value is -4.76. The van der Waals surface area contributed by atoms with Crippen molar-refractivity contribution in [3.05, 3.63) is 112 Å². The van der Waals surface area contributed by atoms with Crippen LogP contribution in [0.3, 0.4) is 0 Å². The van der Waals surface area contributed by atoms with Gasteiger partial charge in [0.05, 0.1) is 39.6 Å². The van der Waals surface area contributed by atoms with E-state index in [4.69, 9.17) is 11.6 Å². The number of benzene rings is 3. The average molecular weight is 589 g/mol. The van der Waals surface area contributed by atoms with Crippen LogP contribution in [0.25, 0.3) is 10.9 Å². The third-order valence-electron chi connectivity index (χ3n) is 7.93. The normalized spacial score (nSPS) is 16.0. The summed E-state index contributed by atoms with van der Waals surface area (Å²) in [5, 5.41) is 30.6. The molecule has 0 unspecified atom stereocenters. The first kappa shape index (κ1) is 28.4. The van der Waals surface area contributed by atoms with E-state index in [9.17, 15) is 10.5 Å². The molecule has 1 fully saturated rings. The lowest BCUT2D eigenvalue weighted by Gasteiger charge is -2.27. The summed E-state index contributed by atoms with van der Waals surface area (Å²) in [5.74, 6) is 0. The smallest absolute Gasteiger partial charge is 0.103 e. The molecule has 1 aromatic heterocycles. The van der Waals surface area contributed by atoms with Gasteiger partial charge in [-0.1, -0.05) is 80.9 Å². The van der Waals surface area contributed by atoms with Crippen LogP contribution in [0.1, 0.15) is 61.9 Å². The van der Waals surface area contributed by atoms with Crippen LogP contribution in [0.4, 0.5) is 11.4 Å². The van der Waals surface area contributed by atoms with Gasteiger partial charge in [0, 0.05) is 35.0 Å². The predicted octanol–water partition coefficient (Wildman–Crippen LogP) is 7.10. The summed E-state index contributed by atoms with van der Waals surface area (Å²) in [6.07, 6.45) is 5.70. The second kappa shape index (κ2) is 11.1. The summed E-state index contributed by atoms with van der Waals surface area (Å²) < 4.78 is 0. The van der Waals surface area contributed by atoms with Crippen molar-refractivity contribution < 1.29 is 0 Å². The van der Waals surface area contributed by atoms with Crippen molar-refractivity contribution in [2.75, 3.05) is 17.2 Å². The molecule has 0 amide bonds. The first-order valence-corrected chi connectivity index (χ1v) is 14.7. The third-order valence-corrected chi connectivity index (χ3v) is 8.27. The zero-order chi connectivity index (χ0) is 30.2. The van der Waals surface area contributed by atoms with Gasteiger partial charge < -0.3 is 16.1 Å². The zero-order valence-corrected chi connectivity index (χ0v) is 25.1. The van der Waals surface area contributed by atoms with Crippen LogP contribution < -0.4 is 21.6 Å². The van der Waals surface area contributed by atoms with Crippen LogP contribution >= 0.6 is 11.6 Å². The molecule has 1 aliphatic heterocycles. The Morgan fingerprint density at radius 3 is 2.42 bits per heavy atom. The monoisotopic (exact) mass is 588 g/mol. The fourth-order valence-electron chi connectivity index (χ4n) is 5.54. The molecule has 8 nitrogen and oxygen atoms in total. The summed E-state index contributed by atoms with van der Waals surface area (Å²) in [5.41, 5.74) is 12.4. The Morgan fingerprint density at radius 1 is 1.02 bits per heavy atom. The molecule has 2 heterocycles. The van der Waals surface area contributed by atoms with Gasteiger partial charge in [-0.3, -0.25) is 9.99 Å². The Kier molecular flexibility index (Phi) is 7.35. The maximum Gasteiger partial charge on any atom is 0.103 e. The molecule has 0 spiro atoms. The van der Waals surface area contributed by atoms with Crippen molar-refractivity contribution in [2.24, 2.45) is 5.41 Å². The van der Waals surface area contributed by atoms with Gasteiger partial charge in [-0.25, -0.2) is 0 Å². The molecule has 4 N–H and O–H groups in total. The SMILES string of the molecule is CC(C)(C)CNc1c(C#N)cnc2c(C#N)cc(N[C@H](C3=CN(C4(c5ccccc5)CC4)NN3)c3ccccc3Cl)cc12. The minimum atomic E-state index is -0.375. The molecule has 216 valence electrons. The summed E-state index contributed by atoms with van der Waals surface area (Å²) in [4.78, 5) is 4.50. The van der Waals surface area contributed by atoms with Crippen molar-refractivity contribution in [3.8, 4) is 12.1 Å². The Morgan fingerprint density at radius 2 is 1.74 bits per heavy atom. The van der Waals surface area contributed by atoms with Crippen LogP contribution in [-0.2, 0) is 5.54 Å². The number of hydrogen-bond donors (Lipinski definition) is 4. The second-order valence-electron chi connectivity index (χ2n) is 12.3. The largest absolute Gasteiger partial charge is 0.383 e. The van der Waals surface area contributed by atoms with Crippen LogP contribution in [0.2, 0.25) is 5.02 Å². The highest BCUT2D eigenvalue weighted by molar-refractivity contribution is 6.31. The molecule has 0 radical (unpaired) electrons. The molecule has 1 aliphatic carbocycles. The predicted molar refractivity (Wildman–Crippen MR) is 170 cm³/mol. The van der Waals surface area contributed by atoms with Crippen molar-refractivity contribution in [1.29, 1.82) is 10.5 Å². The van der Waals surface area contributed by atoms with E-state index in [1.54, 1.807) is 6.07 Å². The van der Waals surface area contributed by atoms with Crippen molar-refractivity contribution >= 4 is 33.9 Å². The lowest BCUT2D eigenvalue weighted by Crippen LogP contribution is -2.43. The van der Waals surface area contributed by atoms with Gasteiger partial charge in [0.1, 0.15) is 12.1 Å². The van der Waals surface area contributed by atoms with E-state index in [-0.39, 0.29) is 17.0 Å². The molecule has 9 heteroatoms. The standard InChI is InChI=1S/C34H33ClN8/c1-33(2,3)21-39-31-23(18-37)19-38-30-22(17-36)15-25(16-27(30)31)40-32(26-11-7-8-12-28(26)35)29-20-43(42-41-29)34(13-14-34)24-9-5-4-6-10-24/h4-12,15-16,19-20,32,40-42H,13-14,21H2,1-3H3,(H,38,39)/t32-/m0/s1. The molecule has 6 rings (SSSR count). The lowest BCUT2D eigenvalue weighted by molar-refractivity contribution is 0.176. The van der Waals surface area contributed by atoms with Crippen LogP contribution in [0.5, 0.6) is 0 Å². The van der Waals surface area contributed by atoms with Crippen LogP contribution in [0, 0.1) is 28.1 Å². The molecular weight excluding hydrogens is 556 g/mol. The number of pyridine rings is 1. The Balaban J connectivity index is 1.42. The first-order valence-electron chi connectivity index (χ1n) is 14.3. The maximum absolute atomic E-state index is 10.1. The van der Waals surface area contributed by atoms with Gasteiger partial charge >= 0.3 is 0 Å². The molecule has 1 saturated carbocycles. The summed E-state index contributed by atoms with van der Waals surface area (Å²) in [6, 6.07) is 26.2. The van der Waals surface area contributed by atoms with Gasteiger partial charge in [-0.05, 0) is 47.6 Å². The number of fused-ring (bicyclic) bond motifs is 1. The topological polar surface area (TPSA) is 112 Å². The Bertz CT molecular complexity index is 1790. The highest BCUT2D eigenvalue weighted by Gasteiger charge is 2.50. The number of nitrogens with zero attached hydrogens (tertiary/aromatic N) is 4. The fraction of sp³-hybridized carbons (Fsp3) is 0.265. The van der Waals surface area contributed by atoms with Crippen LogP contribution in [0.15, 0.2) is 84.8 Å². The second-order valence-corrected chi connectivity index (χ2v) is 12.7. The molecule has 0 saturated heterocycles. The summed E-state index contributed by atoms with van der Waals surface area (Å²) in [6.45, 7) is 7.02. The summed E-state index contributed by atoms with van der Waals surface area (Å²) >= 11 is 6.76. The van der Waals surface area contributed by atoms with Gasteiger partial charge in [0.25, 0.3) is 0 Å². The number of anilines is 2. The maximum atomic E-state index is 10.1. The molecule has 43 heavy (non-hydrogen) atoms. The minimum Gasteiger partial charge on any atom is -0.383 e. The molecule has 1 atom stereocenters. The lowest BCUT2D eigenvalue weighted by atomic mass is 9.96. The number of hydrazine groups is 2.